The lowest BCUT2D eigenvalue weighted by Crippen LogP contribution is -2.49. The molecule has 2 aliphatic heterocycles. The summed E-state index contributed by atoms with van der Waals surface area (Å²) in [6, 6.07) is 10.7. The topological polar surface area (TPSA) is 82.2 Å². The van der Waals surface area contributed by atoms with Gasteiger partial charge >= 0.3 is 0 Å². The molecule has 2 N–H and O–H groups in total. The van der Waals surface area contributed by atoms with Gasteiger partial charge in [-0.15, -0.1) is 0 Å². The molecule has 4 heterocycles. The van der Waals surface area contributed by atoms with Gasteiger partial charge < -0.3 is 19.9 Å². The summed E-state index contributed by atoms with van der Waals surface area (Å²) in [6.45, 7) is 8.45. The average molecular weight is 408 g/mol. The first kappa shape index (κ1) is 19.3. The Balaban J connectivity index is 1.22. The summed E-state index contributed by atoms with van der Waals surface area (Å²) in [4.78, 5) is 22.4. The largest absolute Gasteiger partial charge is 0.379 e. The fourth-order valence-corrected chi connectivity index (χ4v) is 4.42. The molecule has 5 rings (SSSR count). The van der Waals surface area contributed by atoms with E-state index in [1.807, 2.05) is 37.3 Å². The summed E-state index contributed by atoms with van der Waals surface area (Å²) in [7, 11) is 0. The van der Waals surface area contributed by atoms with Crippen LogP contribution in [0.25, 0.3) is 11.0 Å². The molecule has 0 aliphatic carbocycles. The van der Waals surface area contributed by atoms with Gasteiger partial charge in [-0.3, -0.25) is 4.90 Å². The van der Waals surface area contributed by atoms with Crippen molar-refractivity contribution in [3.63, 3.8) is 0 Å². The van der Waals surface area contributed by atoms with Gasteiger partial charge in [0.15, 0.2) is 0 Å². The molecule has 1 aromatic carbocycles. The van der Waals surface area contributed by atoms with Crippen molar-refractivity contribution in [2.45, 2.75) is 32.4 Å². The van der Waals surface area contributed by atoms with Gasteiger partial charge in [-0.25, -0.2) is 9.97 Å². The van der Waals surface area contributed by atoms with Gasteiger partial charge in [0.1, 0.15) is 11.6 Å². The molecule has 0 unspecified atom stereocenters. The number of morpholine rings is 1. The van der Waals surface area contributed by atoms with Crippen LogP contribution in [0, 0.1) is 6.92 Å². The molecule has 8 heteroatoms. The average Bonchev–Trinajstić information content (AvgIpc) is 3.21. The molecule has 2 aliphatic rings. The minimum atomic E-state index is 0.601. The Hall–Kier alpha value is -2.71. The normalized spacial score (nSPS) is 18.8. The summed E-state index contributed by atoms with van der Waals surface area (Å²) in [5, 5.41) is 3.41. The van der Waals surface area contributed by atoms with E-state index in [9.17, 15) is 0 Å². The maximum atomic E-state index is 5.49. The molecule has 0 bridgehead atoms. The number of rotatable bonds is 5. The van der Waals surface area contributed by atoms with Crippen molar-refractivity contribution in [3.05, 3.63) is 41.9 Å². The highest BCUT2D eigenvalue weighted by atomic mass is 16.5. The van der Waals surface area contributed by atoms with Gasteiger partial charge in [0.25, 0.3) is 0 Å². The van der Waals surface area contributed by atoms with E-state index in [1.54, 1.807) is 0 Å². The highest BCUT2D eigenvalue weighted by molar-refractivity contribution is 5.74. The molecule has 0 saturated carbocycles. The van der Waals surface area contributed by atoms with Crippen LogP contribution in [0.1, 0.15) is 24.4 Å². The van der Waals surface area contributed by atoms with Gasteiger partial charge in [0, 0.05) is 44.0 Å². The Labute approximate surface area is 176 Å². The Bertz CT molecular complexity index is 957. The molecule has 0 radical (unpaired) electrons. The fraction of sp³-hybridized carbons (Fsp3) is 0.500. The number of H-pyrrole nitrogens is 1. The van der Waals surface area contributed by atoms with Crippen LogP contribution < -0.4 is 10.2 Å². The van der Waals surface area contributed by atoms with E-state index in [1.165, 1.54) is 0 Å². The Kier molecular flexibility index (Phi) is 5.50. The number of aryl methyl sites for hydroxylation is 1. The monoisotopic (exact) mass is 407 g/mol. The Morgan fingerprint density at radius 2 is 1.87 bits per heavy atom. The van der Waals surface area contributed by atoms with E-state index in [4.69, 9.17) is 14.7 Å². The van der Waals surface area contributed by atoms with Gasteiger partial charge in [0.2, 0.25) is 5.95 Å². The number of benzene rings is 1. The minimum absolute atomic E-state index is 0.601. The van der Waals surface area contributed by atoms with Crippen LogP contribution in [-0.4, -0.2) is 70.3 Å². The van der Waals surface area contributed by atoms with Gasteiger partial charge in [-0.2, -0.15) is 4.98 Å². The van der Waals surface area contributed by atoms with Crippen LogP contribution in [0.2, 0.25) is 0 Å². The second-order valence-electron chi connectivity index (χ2n) is 8.12. The van der Waals surface area contributed by atoms with Crippen LogP contribution >= 0.6 is 0 Å². The van der Waals surface area contributed by atoms with E-state index >= 15 is 0 Å². The van der Waals surface area contributed by atoms with E-state index in [-0.39, 0.29) is 0 Å². The van der Waals surface area contributed by atoms with Crippen LogP contribution in [0.15, 0.2) is 30.3 Å². The number of aromatic amines is 1. The summed E-state index contributed by atoms with van der Waals surface area (Å²) >= 11 is 0. The third-order valence-electron chi connectivity index (χ3n) is 6.03. The first-order valence-corrected chi connectivity index (χ1v) is 10.8. The van der Waals surface area contributed by atoms with Crippen LogP contribution in [0.4, 0.5) is 11.8 Å². The number of nitrogens with zero attached hydrogens (tertiary/aromatic N) is 5. The summed E-state index contributed by atoms with van der Waals surface area (Å²) in [6.07, 6.45) is 2.30. The number of aromatic nitrogens is 4. The number of imidazole rings is 1. The molecule has 2 saturated heterocycles. The lowest BCUT2D eigenvalue weighted by Gasteiger charge is -2.40. The second kappa shape index (κ2) is 8.57. The van der Waals surface area contributed by atoms with Crippen LogP contribution in [0.5, 0.6) is 0 Å². The van der Waals surface area contributed by atoms with E-state index < -0.39 is 0 Å². The van der Waals surface area contributed by atoms with Crippen molar-refractivity contribution in [1.82, 2.24) is 24.8 Å². The number of ether oxygens (including phenoxy) is 1. The maximum Gasteiger partial charge on any atom is 0.227 e. The minimum Gasteiger partial charge on any atom is -0.379 e. The summed E-state index contributed by atoms with van der Waals surface area (Å²) in [5.41, 5.74) is 3.01. The molecular formula is C22H29N7O. The molecule has 0 amide bonds. The zero-order valence-corrected chi connectivity index (χ0v) is 17.5. The SMILES string of the molecule is Cc1cc(NCc2nc3ccccc3[nH]2)nc(N2CCC(N3CCOCC3)CC2)n1. The van der Waals surface area contributed by atoms with Gasteiger partial charge in [0.05, 0.1) is 30.8 Å². The molecule has 30 heavy (non-hydrogen) atoms. The van der Waals surface area contributed by atoms with Crippen molar-refractivity contribution in [2.75, 3.05) is 49.6 Å². The van der Waals surface area contributed by atoms with Gasteiger partial charge in [-0.05, 0) is 31.9 Å². The molecule has 8 nitrogen and oxygen atoms in total. The fourth-order valence-electron chi connectivity index (χ4n) is 4.42. The van der Waals surface area contributed by atoms with Crippen molar-refractivity contribution >= 4 is 22.8 Å². The number of fused-ring (bicyclic) bond motifs is 1. The van der Waals surface area contributed by atoms with Crippen LogP contribution in [-0.2, 0) is 11.3 Å². The van der Waals surface area contributed by atoms with E-state index in [2.05, 4.69) is 25.1 Å². The van der Waals surface area contributed by atoms with E-state index in [0.29, 0.717) is 12.6 Å². The lowest BCUT2D eigenvalue weighted by atomic mass is 10.0. The molecule has 2 fully saturated rings. The summed E-state index contributed by atoms with van der Waals surface area (Å²) in [5.74, 6) is 2.57. The Morgan fingerprint density at radius 1 is 1.07 bits per heavy atom. The number of hydrogen-bond acceptors (Lipinski definition) is 7. The number of para-hydroxylation sites is 2. The highest BCUT2D eigenvalue weighted by Gasteiger charge is 2.27. The van der Waals surface area contributed by atoms with Crippen molar-refractivity contribution in [3.8, 4) is 0 Å². The van der Waals surface area contributed by atoms with Crippen LogP contribution in [0.3, 0.4) is 0 Å². The number of piperidine rings is 1. The molecule has 158 valence electrons. The predicted molar refractivity (Wildman–Crippen MR) is 118 cm³/mol. The highest BCUT2D eigenvalue weighted by Crippen LogP contribution is 2.22. The zero-order chi connectivity index (χ0) is 20.3. The van der Waals surface area contributed by atoms with Crippen molar-refractivity contribution in [1.29, 1.82) is 0 Å². The number of nitrogens with one attached hydrogen (secondary N) is 2. The number of anilines is 2. The lowest BCUT2D eigenvalue weighted by molar-refractivity contribution is 0.0114. The molecule has 3 aromatic rings. The third kappa shape index (κ3) is 4.24. The Morgan fingerprint density at radius 3 is 2.67 bits per heavy atom. The second-order valence-corrected chi connectivity index (χ2v) is 8.12. The zero-order valence-electron chi connectivity index (χ0n) is 17.5. The predicted octanol–water partition coefficient (Wildman–Crippen LogP) is 2.57. The molecule has 2 aromatic heterocycles. The third-order valence-corrected chi connectivity index (χ3v) is 6.03. The van der Waals surface area contributed by atoms with Crippen molar-refractivity contribution in [2.24, 2.45) is 0 Å². The maximum absolute atomic E-state index is 5.49. The standard InChI is InChI=1S/C22H29N7O/c1-16-14-20(23-15-21-25-18-4-2-3-5-19(18)26-21)27-22(24-16)29-8-6-17(7-9-29)28-10-12-30-13-11-28/h2-5,14,17H,6-13,15H2,1H3,(H,25,26)(H,23,24,27). The summed E-state index contributed by atoms with van der Waals surface area (Å²) < 4.78 is 5.49. The molecule has 0 atom stereocenters. The molecular weight excluding hydrogens is 378 g/mol. The van der Waals surface area contributed by atoms with E-state index in [0.717, 1.165) is 86.6 Å². The number of hydrogen-bond donors (Lipinski definition) is 2. The van der Waals surface area contributed by atoms with Gasteiger partial charge in [-0.1, -0.05) is 12.1 Å². The van der Waals surface area contributed by atoms with Crippen molar-refractivity contribution < 1.29 is 4.74 Å². The first-order chi connectivity index (χ1) is 14.7. The quantitative estimate of drug-likeness (QED) is 0.673. The first-order valence-electron chi connectivity index (χ1n) is 10.8. The smallest absolute Gasteiger partial charge is 0.227 e. The molecule has 0 spiro atoms.